The Kier molecular flexibility index (Phi) is 4.68. The Hall–Kier alpha value is -7.18. The molecule has 0 bridgehead atoms. The van der Waals surface area contributed by atoms with Gasteiger partial charge in [0.2, 0.25) is 26.9 Å². The van der Waals surface area contributed by atoms with E-state index >= 15 is 9.59 Å². The number of hydrogen-bond acceptors (Lipinski definition) is 2. The van der Waals surface area contributed by atoms with Gasteiger partial charge in [-0.05, 0) is 68.0 Å². The zero-order valence-electron chi connectivity index (χ0n) is 30.8. The van der Waals surface area contributed by atoms with Crippen LogP contribution in [0.1, 0.15) is 0 Å². The molecule has 16 rings (SSSR count). The van der Waals surface area contributed by atoms with E-state index in [4.69, 9.17) is 0 Å². The quantitative estimate of drug-likeness (QED) is 0.223. The number of benzene rings is 8. The summed E-state index contributed by atoms with van der Waals surface area (Å²) in [4.78, 5) is 40.2. The molecule has 8 aliphatic rings. The van der Waals surface area contributed by atoms with Crippen molar-refractivity contribution in [3.05, 3.63) is 146 Å². The maximum Gasteiger partial charge on any atom is 0.338 e. The second-order valence-electron chi connectivity index (χ2n) is 16.9. The molecule has 0 radical (unpaired) electrons. The fourth-order valence-corrected chi connectivity index (χ4v) is 13.0. The number of anilines is 8. The molecule has 0 N–H and O–H groups in total. The summed E-state index contributed by atoms with van der Waals surface area (Å²) in [5.41, 5.74) is 21.7. The zero-order valence-corrected chi connectivity index (χ0v) is 30.8. The van der Waals surface area contributed by atoms with Crippen molar-refractivity contribution < 1.29 is 9.59 Å². The van der Waals surface area contributed by atoms with E-state index in [9.17, 15) is 0 Å². The molecule has 0 saturated heterocycles. The number of nitrogens with zero attached hydrogens (tertiary/aromatic N) is 4. The van der Waals surface area contributed by atoms with Crippen LogP contribution in [-0.2, 0) is 0 Å². The first-order valence-corrected chi connectivity index (χ1v) is 20.3. The van der Waals surface area contributed by atoms with Crippen LogP contribution < -0.4 is 85.2 Å². The van der Waals surface area contributed by atoms with Crippen LogP contribution in [0.15, 0.2) is 146 Å². The largest absolute Gasteiger partial charge is 0.338 e. The van der Waals surface area contributed by atoms with E-state index < -0.39 is 0 Å². The van der Waals surface area contributed by atoms with Crippen molar-refractivity contribution in [2.45, 2.75) is 0 Å². The van der Waals surface area contributed by atoms with Crippen LogP contribution in [0.25, 0.3) is 10.8 Å². The van der Waals surface area contributed by atoms with E-state index in [1.807, 2.05) is 19.6 Å². The molecule has 8 heterocycles. The molecule has 10 heteroatoms. The summed E-state index contributed by atoms with van der Waals surface area (Å²) < 4.78 is 0. The van der Waals surface area contributed by atoms with E-state index in [1.165, 1.54) is 21.9 Å². The third-order valence-electron chi connectivity index (χ3n) is 14.8. The fraction of sp³-hybridized carbons (Fsp3) is 0. The number of para-hydroxylation sites is 4. The smallest absolute Gasteiger partial charge is 0.263 e. The Labute approximate surface area is 334 Å². The number of carbonyl (C=O) groups is 2. The summed E-state index contributed by atoms with van der Waals surface area (Å²) in [5, 5.41) is 2.14. The van der Waals surface area contributed by atoms with E-state index in [-0.39, 0.29) is 38.9 Å². The molecule has 0 aromatic heterocycles. The molecule has 8 aromatic rings. The molecule has 58 heavy (non-hydrogen) atoms. The van der Waals surface area contributed by atoms with E-state index in [2.05, 4.69) is 146 Å². The molecule has 260 valence electrons. The Morgan fingerprint density at radius 3 is 0.724 bits per heavy atom. The lowest BCUT2D eigenvalue weighted by molar-refractivity contribution is 0.254. The SMILES string of the molecule is O=C1N2c3ccccc3B3c4ccccc4B4c5ccccc5N5C(=O)N6c7ccccc7B7c8ccccc8B8c9ccccc9N1c1c8c7c6c6c5c4c3c2c16. The lowest BCUT2D eigenvalue weighted by Gasteiger charge is -2.55. The van der Waals surface area contributed by atoms with Crippen molar-refractivity contribution in [2.24, 2.45) is 0 Å². The monoisotopic (exact) mass is 732 g/mol. The zero-order chi connectivity index (χ0) is 37.4. The van der Waals surface area contributed by atoms with Crippen LogP contribution in [0, 0.1) is 0 Å². The van der Waals surface area contributed by atoms with Gasteiger partial charge < -0.3 is 0 Å². The molecule has 0 unspecified atom stereocenters. The highest BCUT2D eigenvalue weighted by molar-refractivity contribution is 7.16. The first-order chi connectivity index (χ1) is 28.7. The van der Waals surface area contributed by atoms with Gasteiger partial charge >= 0.3 is 12.1 Å². The van der Waals surface area contributed by atoms with Gasteiger partial charge in [-0.2, -0.15) is 0 Å². The normalized spacial score (nSPS) is 16.4. The fourth-order valence-electron chi connectivity index (χ4n) is 13.0. The lowest BCUT2D eigenvalue weighted by Crippen LogP contribution is -2.81. The first kappa shape index (κ1) is 29.1. The Morgan fingerprint density at radius 1 is 0.276 bits per heavy atom. The number of amides is 4. The molecule has 8 aromatic carbocycles. The van der Waals surface area contributed by atoms with Gasteiger partial charge in [0, 0.05) is 33.5 Å². The minimum Gasteiger partial charge on any atom is -0.263 e. The van der Waals surface area contributed by atoms with Gasteiger partial charge in [-0.15, -0.1) is 0 Å². The van der Waals surface area contributed by atoms with Gasteiger partial charge in [-0.1, -0.05) is 143 Å². The highest BCUT2D eigenvalue weighted by Crippen LogP contribution is 2.56. The number of carbonyl (C=O) groups excluding carboxylic acids is 2. The number of rotatable bonds is 0. The molecule has 0 fully saturated rings. The van der Waals surface area contributed by atoms with Crippen molar-refractivity contribution in [3.63, 3.8) is 0 Å². The average molecular weight is 732 g/mol. The van der Waals surface area contributed by atoms with Crippen LogP contribution in [0.5, 0.6) is 0 Å². The Balaban J connectivity index is 1.22. The van der Waals surface area contributed by atoms with E-state index in [0.717, 1.165) is 100.0 Å². The molecular weight excluding hydrogens is 708 g/mol. The molecule has 0 spiro atoms. The molecule has 0 atom stereocenters. The van der Waals surface area contributed by atoms with Crippen LogP contribution in [-0.4, -0.2) is 38.9 Å². The summed E-state index contributed by atoms with van der Waals surface area (Å²) in [6.07, 6.45) is 0. The summed E-state index contributed by atoms with van der Waals surface area (Å²) in [7, 11) is 0. The number of fused-ring (bicyclic) bond motifs is 18. The van der Waals surface area contributed by atoms with Crippen LogP contribution in [0.4, 0.5) is 55.1 Å². The highest BCUT2D eigenvalue weighted by atomic mass is 16.2. The second kappa shape index (κ2) is 9.33. The van der Waals surface area contributed by atoms with Gasteiger partial charge in [-0.25, -0.2) is 9.59 Å². The van der Waals surface area contributed by atoms with Gasteiger partial charge in [0.05, 0.1) is 22.7 Å². The minimum absolute atomic E-state index is 0.0573. The van der Waals surface area contributed by atoms with E-state index in [1.54, 1.807) is 0 Å². The summed E-state index contributed by atoms with van der Waals surface area (Å²) >= 11 is 0. The molecular formula is C48H24B4N4O2. The van der Waals surface area contributed by atoms with Crippen molar-refractivity contribution >= 4 is 161 Å². The number of urea groups is 2. The average Bonchev–Trinajstić information content (AvgIpc) is 3.28. The number of hydrogen-bond donors (Lipinski definition) is 0. The lowest BCUT2D eigenvalue weighted by atomic mass is 9.18. The summed E-state index contributed by atoms with van der Waals surface area (Å²) in [6.45, 7) is -0.479. The molecule has 4 amide bonds. The van der Waals surface area contributed by atoms with Gasteiger partial charge in [-0.3, -0.25) is 19.6 Å². The third-order valence-corrected chi connectivity index (χ3v) is 14.8. The Bertz CT molecular complexity index is 3000. The van der Waals surface area contributed by atoms with Crippen molar-refractivity contribution in [1.29, 1.82) is 0 Å². The van der Waals surface area contributed by atoms with Gasteiger partial charge in [0.1, 0.15) is 0 Å². The van der Waals surface area contributed by atoms with E-state index in [0.29, 0.717) is 0 Å². The predicted molar refractivity (Wildman–Crippen MR) is 241 cm³/mol. The maximum absolute atomic E-state index is 16.0. The van der Waals surface area contributed by atoms with Crippen molar-refractivity contribution in [2.75, 3.05) is 19.6 Å². The minimum atomic E-state index is -0.120. The molecule has 8 aliphatic heterocycles. The van der Waals surface area contributed by atoms with Gasteiger partial charge in [0.15, 0.2) is 0 Å². The standard InChI is InChI=1S/C48H24B4N4O2/c57-47-53-33-21-9-5-17-29(33)49-25-13-1-2-14-26(25)50-30-18-6-10-22-34(30)54-44-38-37(43(53)39(49)40(44)50)45-41-42-46(38)56(48(54)58)36-24-12-8-20-32(36)52(42)28-16-4-3-15-27(28)51(41)31-19-7-11-23-35(31)55(45)47/h1-24H. The van der Waals surface area contributed by atoms with Crippen molar-refractivity contribution in [1.82, 2.24) is 0 Å². The van der Waals surface area contributed by atoms with Gasteiger partial charge in [0.25, 0.3) is 0 Å². The first-order valence-electron chi connectivity index (χ1n) is 20.3. The topological polar surface area (TPSA) is 47.1 Å². The predicted octanol–water partition coefficient (Wildman–Crippen LogP) is 1.60. The van der Waals surface area contributed by atoms with Crippen molar-refractivity contribution in [3.8, 4) is 0 Å². The molecule has 6 nitrogen and oxygen atoms in total. The third kappa shape index (κ3) is 2.82. The van der Waals surface area contributed by atoms with Crippen LogP contribution in [0.2, 0.25) is 0 Å². The van der Waals surface area contributed by atoms with Crippen LogP contribution in [0.3, 0.4) is 0 Å². The summed E-state index contributed by atoms with van der Waals surface area (Å²) in [5.74, 6) is 0. The molecule has 0 aliphatic carbocycles. The second-order valence-corrected chi connectivity index (χ2v) is 16.9. The van der Waals surface area contributed by atoms with Crippen LogP contribution >= 0.6 is 0 Å². The maximum atomic E-state index is 16.0. The Morgan fingerprint density at radius 2 is 0.483 bits per heavy atom. The summed E-state index contributed by atoms with van der Waals surface area (Å²) in [6, 6.07) is 51.8. The highest BCUT2D eigenvalue weighted by Gasteiger charge is 2.60. The molecule has 0 saturated carbocycles.